The zero-order valence-electron chi connectivity index (χ0n) is 18.1. The lowest BCUT2D eigenvalue weighted by molar-refractivity contribution is -0.137. The minimum absolute atomic E-state index is 0.0444. The number of hydrogen-bond acceptors (Lipinski definition) is 4. The van der Waals surface area contributed by atoms with E-state index in [9.17, 15) is 17.6 Å². The van der Waals surface area contributed by atoms with Gasteiger partial charge in [-0.3, -0.25) is 0 Å². The fraction of sp³-hybridized carbons (Fsp3) is 0.280. The summed E-state index contributed by atoms with van der Waals surface area (Å²) in [7, 11) is 1.47. The molecule has 1 aliphatic carbocycles. The Balaban J connectivity index is 1.82. The standard InChI is InChI=1S/C25H23F4N3O/c1-33-16-32(15-18-9-6-12-22(26)30-18)23-14-13-21(25(27,28)29)24(31-23)20-11-5-4-10-19(20)17-7-2-3-8-17/h4-7,9-14H,2-3,8,15-16H2,1H3. The molecule has 3 aromatic rings. The quantitative estimate of drug-likeness (QED) is 0.231. The van der Waals surface area contributed by atoms with E-state index in [1.165, 1.54) is 25.3 Å². The van der Waals surface area contributed by atoms with Gasteiger partial charge in [0, 0.05) is 12.7 Å². The average Bonchev–Trinajstić information content (AvgIpc) is 3.33. The van der Waals surface area contributed by atoms with Crippen molar-refractivity contribution in [2.75, 3.05) is 18.7 Å². The molecule has 172 valence electrons. The first kappa shape index (κ1) is 22.9. The predicted octanol–water partition coefficient (Wildman–Crippen LogP) is 6.48. The van der Waals surface area contributed by atoms with Crippen LogP contribution >= 0.6 is 0 Å². The Kier molecular flexibility index (Phi) is 6.74. The third-order valence-corrected chi connectivity index (χ3v) is 5.49. The highest BCUT2D eigenvalue weighted by molar-refractivity contribution is 5.82. The molecule has 0 saturated heterocycles. The van der Waals surface area contributed by atoms with E-state index in [2.05, 4.69) is 16.0 Å². The van der Waals surface area contributed by atoms with Gasteiger partial charge >= 0.3 is 6.18 Å². The Morgan fingerprint density at radius 1 is 0.970 bits per heavy atom. The van der Waals surface area contributed by atoms with Crippen LogP contribution in [0.15, 0.2) is 60.7 Å². The monoisotopic (exact) mass is 457 g/mol. The van der Waals surface area contributed by atoms with Crippen LogP contribution in [0.25, 0.3) is 16.8 Å². The maximum atomic E-state index is 14.0. The van der Waals surface area contributed by atoms with Crippen molar-refractivity contribution in [3.63, 3.8) is 0 Å². The molecule has 1 aromatic carbocycles. The van der Waals surface area contributed by atoms with Crippen LogP contribution in [-0.2, 0) is 17.5 Å². The van der Waals surface area contributed by atoms with Gasteiger partial charge in [-0.1, -0.05) is 36.4 Å². The highest BCUT2D eigenvalue weighted by atomic mass is 19.4. The summed E-state index contributed by atoms with van der Waals surface area (Å²) in [6, 6.07) is 13.8. The molecule has 0 radical (unpaired) electrons. The summed E-state index contributed by atoms with van der Waals surface area (Å²) in [5.41, 5.74) is 1.68. The minimum atomic E-state index is -4.58. The first-order valence-electron chi connectivity index (χ1n) is 10.6. The third-order valence-electron chi connectivity index (χ3n) is 5.49. The molecule has 0 atom stereocenters. The number of rotatable bonds is 7. The van der Waals surface area contributed by atoms with Gasteiger partial charge in [0.1, 0.15) is 12.5 Å². The number of methoxy groups -OCH3 is 1. The first-order chi connectivity index (χ1) is 15.9. The molecule has 0 N–H and O–H groups in total. The number of nitrogens with zero attached hydrogens (tertiary/aromatic N) is 3. The molecule has 0 fully saturated rings. The van der Waals surface area contributed by atoms with Crippen molar-refractivity contribution < 1.29 is 22.3 Å². The van der Waals surface area contributed by atoms with E-state index in [0.717, 1.165) is 36.5 Å². The van der Waals surface area contributed by atoms with Crippen molar-refractivity contribution in [2.45, 2.75) is 32.0 Å². The second-order valence-electron chi connectivity index (χ2n) is 7.80. The van der Waals surface area contributed by atoms with E-state index in [-0.39, 0.29) is 24.8 Å². The normalized spacial score (nSPS) is 13.8. The Bertz CT molecular complexity index is 1160. The number of anilines is 1. The van der Waals surface area contributed by atoms with Gasteiger partial charge in [0.15, 0.2) is 0 Å². The molecule has 0 spiro atoms. The summed E-state index contributed by atoms with van der Waals surface area (Å²) in [6.45, 7) is 0.166. The van der Waals surface area contributed by atoms with Crippen molar-refractivity contribution in [1.82, 2.24) is 9.97 Å². The van der Waals surface area contributed by atoms with Crippen LogP contribution in [0, 0.1) is 5.95 Å². The molecule has 2 aromatic heterocycles. The van der Waals surface area contributed by atoms with Crippen LogP contribution in [0.5, 0.6) is 0 Å². The van der Waals surface area contributed by atoms with E-state index in [0.29, 0.717) is 11.3 Å². The number of pyridine rings is 2. The van der Waals surface area contributed by atoms with Gasteiger partial charge in [0.05, 0.1) is 23.5 Å². The molecule has 4 rings (SSSR count). The second kappa shape index (κ2) is 9.70. The molecular formula is C25H23F4N3O. The van der Waals surface area contributed by atoms with E-state index < -0.39 is 17.7 Å². The molecule has 8 heteroatoms. The van der Waals surface area contributed by atoms with Crippen molar-refractivity contribution in [2.24, 2.45) is 0 Å². The lowest BCUT2D eigenvalue weighted by Crippen LogP contribution is -2.27. The number of ether oxygens (including phenoxy) is 1. The van der Waals surface area contributed by atoms with Crippen molar-refractivity contribution in [3.8, 4) is 11.3 Å². The summed E-state index contributed by atoms with van der Waals surface area (Å²) in [5, 5.41) is 0. The smallest absolute Gasteiger partial charge is 0.364 e. The zero-order chi connectivity index (χ0) is 23.4. The SMILES string of the molecule is COCN(Cc1cccc(F)n1)c1ccc(C(F)(F)F)c(-c2ccccc2C2=CCCC2)n1. The Hall–Kier alpha value is -3.26. The number of hydrogen-bond donors (Lipinski definition) is 0. The maximum Gasteiger partial charge on any atom is 0.418 e. The van der Waals surface area contributed by atoms with Gasteiger partial charge in [-0.2, -0.15) is 17.6 Å². The number of alkyl halides is 3. The number of halogens is 4. The summed E-state index contributed by atoms with van der Waals surface area (Å²) in [6.07, 6.45) is 0.202. The fourth-order valence-corrected chi connectivity index (χ4v) is 4.03. The van der Waals surface area contributed by atoms with Gasteiger partial charge in [0.2, 0.25) is 5.95 Å². The third kappa shape index (κ3) is 5.22. The van der Waals surface area contributed by atoms with Gasteiger partial charge in [0.25, 0.3) is 0 Å². The molecule has 0 bridgehead atoms. The average molecular weight is 457 g/mol. The Morgan fingerprint density at radius 3 is 2.42 bits per heavy atom. The van der Waals surface area contributed by atoms with Crippen LogP contribution in [0.1, 0.15) is 36.1 Å². The van der Waals surface area contributed by atoms with Crippen molar-refractivity contribution in [1.29, 1.82) is 0 Å². The van der Waals surface area contributed by atoms with Gasteiger partial charge in [-0.25, -0.2) is 9.97 Å². The van der Waals surface area contributed by atoms with Crippen molar-refractivity contribution >= 4 is 11.4 Å². The zero-order valence-corrected chi connectivity index (χ0v) is 18.1. The van der Waals surface area contributed by atoms with Crippen LogP contribution in [0.4, 0.5) is 23.4 Å². The summed E-state index contributed by atoms with van der Waals surface area (Å²) in [5.74, 6) is -0.356. The number of benzene rings is 1. The molecule has 1 aliphatic rings. The van der Waals surface area contributed by atoms with Gasteiger partial charge < -0.3 is 9.64 Å². The van der Waals surface area contributed by atoms with Crippen molar-refractivity contribution in [3.05, 3.63) is 83.4 Å². The highest BCUT2D eigenvalue weighted by Crippen LogP contribution is 2.41. The van der Waals surface area contributed by atoms with Gasteiger partial charge in [-0.15, -0.1) is 0 Å². The Morgan fingerprint density at radius 2 is 1.76 bits per heavy atom. The largest absolute Gasteiger partial charge is 0.418 e. The number of allylic oxidation sites excluding steroid dienone is 2. The van der Waals surface area contributed by atoms with Gasteiger partial charge in [-0.05, 0) is 54.7 Å². The molecule has 2 heterocycles. The lowest BCUT2D eigenvalue weighted by Gasteiger charge is -2.24. The molecule has 0 saturated carbocycles. The minimum Gasteiger partial charge on any atom is -0.364 e. The van der Waals surface area contributed by atoms with E-state index >= 15 is 0 Å². The van der Waals surface area contributed by atoms with E-state index in [4.69, 9.17) is 4.74 Å². The maximum absolute atomic E-state index is 14.0. The molecule has 0 amide bonds. The fourth-order valence-electron chi connectivity index (χ4n) is 4.03. The molecule has 33 heavy (non-hydrogen) atoms. The van der Waals surface area contributed by atoms with Crippen LogP contribution in [0.2, 0.25) is 0 Å². The van der Waals surface area contributed by atoms with E-state index in [1.54, 1.807) is 23.1 Å². The molecular weight excluding hydrogens is 434 g/mol. The highest BCUT2D eigenvalue weighted by Gasteiger charge is 2.35. The second-order valence-corrected chi connectivity index (χ2v) is 7.80. The van der Waals surface area contributed by atoms with E-state index in [1.807, 2.05) is 12.1 Å². The molecule has 4 nitrogen and oxygen atoms in total. The predicted molar refractivity (Wildman–Crippen MR) is 119 cm³/mol. The number of aromatic nitrogens is 2. The summed E-state index contributed by atoms with van der Waals surface area (Å²) >= 11 is 0. The van der Waals surface area contributed by atoms with Crippen LogP contribution in [-0.4, -0.2) is 23.8 Å². The topological polar surface area (TPSA) is 38.2 Å². The Labute approximate surface area is 189 Å². The lowest BCUT2D eigenvalue weighted by atomic mass is 9.94. The molecule has 0 aliphatic heterocycles. The molecule has 0 unspecified atom stereocenters. The summed E-state index contributed by atoms with van der Waals surface area (Å²) < 4.78 is 60.7. The van der Waals surface area contributed by atoms with Crippen LogP contribution in [0.3, 0.4) is 0 Å². The first-order valence-corrected chi connectivity index (χ1v) is 10.6. The summed E-state index contributed by atoms with van der Waals surface area (Å²) in [4.78, 5) is 9.92. The van der Waals surface area contributed by atoms with Crippen LogP contribution < -0.4 is 4.90 Å².